The highest BCUT2D eigenvalue weighted by Gasteiger charge is 2.26. The van der Waals surface area contributed by atoms with Gasteiger partial charge < -0.3 is 4.90 Å². The van der Waals surface area contributed by atoms with Crippen molar-refractivity contribution in [2.24, 2.45) is 5.92 Å². The number of Topliss-reactive ketones (excluding diaryl/α,β-unsaturated/α-hetero) is 2. The second-order valence-electron chi connectivity index (χ2n) is 6.09. The van der Waals surface area contributed by atoms with Crippen molar-refractivity contribution < 1.29 is 14.0 Å². The molecule has 0 saturated carbocycles. The molecule has 1 aliphatic heterocycles. The molecule has 0 unspecified atom stereocenters. The fourth-order valence-electron chi connectivity index (χ4n) is 3.00. The summed E-state index contributed by atoms with van der Waals surface area (Å²) in [7, 11) is 0. The van der Waals surface area contributed by atoms with Crippen LogP contribution < -0.4 is 4.90 Å². The maximum absolute atomic E-state index is 13.0. The predicted octanol–water partition coefficient (Wildman–Crippen LogP) is 3.52. The van der Waals surface area contributed by atoms with E-state index in [0.29, 0.717) is 11.1 Å². The molecule has 2 heterocycles. The number of aromatic nitrogens is 1. The summed E-state index contributed by atoms with van der Waals surface area (Å²) in [6.45, 7) is 3.00. The van der Waals surface area contributed by atoms with Crippen molar-refractivity contribution in [2.75, 3.05) is 18.0 Å². The van der Waals surface area contributed by atoms with E-state index in [1.54, 1.807) is 24.4 Å². The van der Waals surface area contributed by atoms with Crippen LogP contribution in [-0.2, 0) is 0 Å². The summed E-state index contributed by atoms with van der Waals surface area (Å²) in [6, 6.07) is 9.36. The highest BCUT2D eigenvalue weighted by atomic mass is 19.1. The number of benzene rings is 1. The first-order chi connectivity index (χ1) is 11.5. The standard InChI is InChI=1S/C19H19FN2O2/c1-13(23)16-4-7-18(21-12-16)22-10-8-15(9-11-22)19(24)14-2-5-17(20)6-3-14/h2-7,12,15H,8-11H2,1H3. The second-order valence-corrected chi connectivity index (χ2v) is 6.09. The summed E-state index contributed by atoms with van der Waals surface area (Å²) >= 11 is 0. The highest BCUT2D eigenvalue weighted by Crippen LogP contribution is 2.25. The van der Waals surface area contributed by atoms with Crippen LogP contribution in [0.4, 0.5) is 10.2 Å². The van der Waals surface area contributed by atoms with Gasteiger partial charge in [0.2, 0.25) is 0 Å². The zero-order chi connectivity index (χ0) is 17.1. The van der Waals surface area contributed by atoms with E-state index in [1.807, 2.05) is 6.07 Å². The van der Waals surface area contributed by atoms with Gasteiger partial charge in [0.05, 0.1) is 0 Å². The molecule has 124 valence electrons. The molecule has 0 aliphatic carbocycles. The maximum Gasteiger partial charge on any atom is 0.166 e. The molecule has 1 aromatic heterocycles. The number of hydrogen-bond donors (Lipinski definition) is 0. The lowest BCUT2D eigenvalue weighted by Gasteiger charge is -2.32. The molecule has 5 heteroatoms. The molecular formula is C19H19FN2O2. The Morgan fingerprint density at radius 3 is 2.21 bits per heavy atom. The summed E-state index contributed by atoms with van der Waals surface area (Å²) in [6.07, 6.45) is 3.08. The summed E-state index contributed by atoms with van der Waals surface area (Å²) < 4.78 is 13.0. The lowest BCUT2D eigenvalue weighted by Crippen LogP contribution is -2.36. The molecule has 1 saturated heterocycles. The van der Waals surface area contributed by atoms with E-state index in [0.717, 1.165) is 31.7 Å². The number of nitrogens with zero attached hydrogens (tertiary/aromatic N) is 2. The average molecular weight is 326 g/mol. The van der Waals surface area contributed by atoms with Crippen LogP contribution in [0.5, 0.6) is 0 Å². The molecule has 0 atom stereocenters. The molecule has 0 N–H and O–H groups in total. The fourth-order valence-corrected chi connectivity index (χ4v) is 3.00. The van der Waals surface area contributed by atoms with Gasteiger partial charge in [-0.05, 0) is 56.2 Å². The molecule has 1 aliphatic rings. The van der Waals surface area contributed by atoms with Crippen molar-refractivity contribution in [2.45, 2.75) is 19.8 Å². The van der Waals surface area contributed by atoms with Crippen molar-refractivity contribution in [1.29, 1.82) is 0 Å². The minimum atomic E-state index is -0.332. The zero-order valence-electron chi connectivity index (χ0n) is 13.5. The molecule has 1 fully saturated rings. The van der Waals surface area contributed by atoms with E-state index < -0.39 is 0 Å². The topological polar surface area (TPSA) is 50.3 Å². The van der Waals surface area contributed by atoms with Crippen LogP contribution in [0.25, 0.3) is 0 Å². The quantitative estimate of drug-likeness (QED) is 0.807. The summed E-state index contributed by atoms with van der Waals surface area (Å²) in [5, 5.41) is 0. The van der Waals surface area contributed by atoms with Gasteiger partial charge in [-0.2, -0.15) is 0 Å². The van der Waals surface area contributed by atoms with Gasteiger partial charge in [0, 0.05) is 36.3 Å². The number of rotatable bonds is 4. The highest BCUT2D eigenvalue weighted by molar-refractivity contribution is 5.98. The van der Waals surface area contributed by atoms with Gasteiger partial charge >= 0.3 is 0 Å². The van der Waals surface area contributed by atoms with E-state index >= 15 is 0 Å². The SMILES string of the molecule is CC(=O)c1ccc(N2CCC(C(=O)c3ccc(F)cc3)CC2)nc1. The smallest absolute Gasteiger partial charge is 0.166 e. The molecule has 0 spiro atoms. The van der Waals surface area contributed by atoms with Crippen molar-refractivity contribution in [3.8, 4) is 0 Å². The Labute approximate surface area is 140 Å². The first-order valence-corrected chi connectivity index (χ1v) is 8.06. The largest absolute Gasteiger partial charge is 0.357 e. The van der Waals surface area contributed by atoms with Gasteiger partial charge in [-0.1, -0.05) is 0 Å². The third kappa shape index (κ3) is 3.50. The third-order valence-corrected chi connectivity index (χ3v) is 4.47. The van der Waals surface area contributed by atoms with Crippen LogP contribution in [0.1, 0.15) is 40.5 Å². The molecule has 0 bridgehead atoms. The zero-order valence-corrected chi connectivity index (χ0v) is 13.5. The number of anilines is 1. The number of piperidine rings is 1. The Hall–Kier alpha value is -2.56. The molecule has 3 rings (SSSR count). The summed E-state index contributed by atoms with van der Waals surface area (Å²) in [5.41, 5.74) is 1.17. The Morgan fingerprint density at radius 2 is 1.67 bits per heavy atom. The summed E-state index contributed by atoms with van der Waals surface area (Å²) in [4.78, 5) is 30.2. The van der Waals surface area contributed by atoms with Crippen LogP contribution in [0.15, 0.2) is 42.6 Å². The minimum absolute atomic E-state index is 0.00217. The van der Waals surface area contributed by atoms with E-state index in [1.165, 1.54) is 19.1 Å². The van der Waals surface area contributed by atoms with Crippen LogP contribution in [0.3, 0.4) is 0 Å². The number of pyridine rings is 1. The normalized spacial score (nSPS) is 15.3. The van der Waals surface area contributed by atoms with Crippen molar-refractivity contribution in [3.63, 3.8) is 0 Å². The Balaban J connectivity index is 1.62. The fraction of sp³-hybridized carbons (Fsp3) is 0.316. The maximum atomic E-state index is 13.0. The molecule has 24 heavy (non-hydrogen) atoms. The predicted molar refractivity (Wildman–Crippen MR) is 89.9 cm³/mol. The monoisotopic (exact) mass is 326 g/mol. The number of halogens is 1. The molecule has 0 radical (unpaired) electrons. The number of carbonyl (C=O) groups is 2. The number of hydrogen-bond acceptors (Lipinski definition) is 4. The van der Waals surface area contributed by atoms with Crippen LogP contribution >= 0.6 is 0 Å². The van der Waals surface area contributed by atoms with E-state index in [-0.39, 0.29) is 23.3 Å². The van der Waals surface area contributed by atoms with E-state index in [2.05, 4.69) is 9.88 Å². The van der Waals surface area contributed by atoms with Crippen LogP contribution in [0.2, 0.25) is 0 Å². The van der Waals surface area contributed by atoms with Gasteiger partial charge in [0.25, 0.3) is 0 Å². The first kappa shape index (κ1) is 16.3. The molecule has 0 amide bonds. The van der Waals surface area contributed by atoms with Gasteiger partial charge in [-0.3, -0.25) is 9.59 Å². The van der Waals surface area contributed by atoms with Gasteiger partial charge in [-0.15, -0.1) is 0 Å². The Bertz CT molecular complexity index is 733. The van der Waals surface area contributed by atoms with Gasteiger partial charge in [0.1, 0.15) is 11.6 Å². The molecular weight excluding hydrogens is 307 g/mol. The second kappa shape index (κ2) is 6.91. The lowest BCUT2D eigenvalue weighted by atomic mass is 9.89. The average Bonchev–Trinajstić information content (AvgIpc) is 2.62. The van der Waals surface area contributed by atoms with Crippen LogP contribution in [-0.4, -0.2) is 29.6 Å². The van der Waals surface area contributed by atoms with E-state index in [9.17, 15) is 14.0 Å². The number of carbonyl (C=O) groups excluding carboxylic acids is 2. The molecule has 1 aromatic carbocycles. The molecule has 2 aromatic rings. The van der Waals surface area contributed by atoms with Crippen molar-refractivity contribution >= 4 is 17.4 Å². The lowest BCUT2D eigenvalue weighted by molar-refractivity contribution is 0.0899. The third-order valence-electron chi connectivity index (χ3n) is 4.47. The van der Waals surface area contributed by atoms with Crippen molar-refractivity contribution in [1.82, 2.24) is 4.98 Å². The Morgan fingerprint density at radius 1 is 1.04 bits per heavy atom. The van der Waals surface area contributed by atoms with Crippen LogP contribution in [0, 0.1) is 11.7 Å². The van der Waals surface area contributed by atoms with Gasteiger partial charge in [0.15, 0.2) is 11.6 Å². The minimum Gasteiger partial charge on any atom is -0.357 e. The molecule has 4 nitrogen and oxygen atoms in total. The number of ketones is 2. The first-order valence-electron chi connectivity index (χ1n) is 8.06. The Kier molecular flexibility index (Phi) is 4.69. The van der Waals surface area contributed by atoms with Gasteiger partial charge in [-0.25, -0.2) is 9.37 Å². The van der Waals surface area contributed by atoms with E-state index in [4.69, 9.17) is 0 Å². The van der Waals surface area contributed by atoms with Crippen molar-refractivity contribution in [3.05, 3.63) is 59.5 Å². The summed E-state index contributed by atoms with van der Waals surface area (Å²) in [5.74, 6) is 0.532.